The smallest absolute Gasteiger partial charge is 0.256 e. The van der Waals surface area contributed by atoms with Crippen LogP contribution in [0.1, 0.15) is 36.9 Å². The number of rotatable bonds is 5. The van der Waals surface area contributed by atoms with Gasteiger partial charge in [0.1, 0.15) is 0 Å². The Kier molecular flexibility index (Phi) is 5.69. The number of para-hydroxylation sites is 1. The van der Waals surface area contributed by atoms with Crippen LogP contribution in [0.4, 0.5) is 11.4 Å². The van der Waals surface area contributed by atoms with Crippen molar-refractivity contribution in [2.24, 2.45) is 0 Å². The molecule has 2 aliphatic rings. The summed E-state index contributed by atoms with van der Waals surface area (Å²) in [4.78, 5) is 32.1. The molecule has 0 aliphatic carbocycles. The first kappa shape index (κ1) is 20.4. The van der Waals surface area contributed by atoms with Crippen molar-refractivity contribution in [3.63, 3.8) is 0 Å². The van der Waals surface area contributed by atoms with Crippen molar-refractivity contribution in [2.45, 2.75) is 25.7 Å². The third-order valence-electron chi connectivity index (χ3n) is 6.10. The van der Waals surface area contributed by atoms with Gasteiger partial charge in [0.25, 0.3) is 5.91 Å². The van der Waals surface area contributed by atoms with E-state index in [1.54, 1.807) is 6.08 Å². The minimum Gasteiger partial charge on any atom is -0.326 e. The number of carbonyl (C=O) groups is 2. The fourth-order valence-corrected chi connectivity index (χ4v) is 4.39. The monoisotopic (exact) mass is 426 g/mol. The second-order valence-corrected chi connectivity index (χ2v) is 8.40. The number of benzene rings is 2. The summed E-state index contributed by atoms with van der Waals surface area (Å²) in [5.41, 5.74) is 4.37. The van der Waals surface area contributed by atoms with Gasteiger partial charge in [0.05, 0.1) is 16.8 Å². The molecule has 6 heteroatoms. The molecule has 2 aliphatic heterocycles. The third kappa shape index (κ3) is 4.41. The lowest BCUT2D eigenvalue weighted by molar-refractivity contribution is -0.116. The molecule has 6 nitrogen and oxygen atoms in total. The minimum atomic E-state index is -0.163. The lowest BCUT2D eigenvalue weighted by Gasteiger charge is -2.25. The molecular formula is C26H26N4O2. The number of aromatic nitrogens is 1. The van der Waals surface area contributed by atoms with Crippen LogP contribution < -0.4 is 10.6 Å². The highest BCUT2D eigenvalue weighted by atomic mass is 16.2. The Morgan fingerprint density at radius 1 is 1.06 bits per heavy atom. The number of nitrogens with one attached hydrogen (secondary N) is 2. The number of nitrogens with zero attached hydrogens (tertiary/aromatic N) is 2. The van der Waals surface area contributed by atoms with E-state index >= 15 is 0 Å². The number of anilines is 2. The second-order valence-electron chi connectivity index (χ2n) is 8.40. The van der Waals surface area contributed by atoms with Crippen molar-refractivity contribution in [1.82, 2.24) is 9.88 Å². The van der Waals surface area contributed by atoms with Gasteiger partial charge in [-0.15, -0.1) is 0 Å². The van der Waals surface area contributed by atoms with E-state index < -0.39 is 0 Å². The van der Waals surface area contributed by atoms with E-state index in [0.29, 0.717) is 17.7 Å². The van der Waals surface area contributed by atoms with E-state index in [0.717, 1.165) is 47.5 Å². The van der Waals surface area contributed by atoms with E-state index in [-0.39, 0.29) is 11.8 Å². The van der Waals surface area contributed by atoms with Gasteiger partial charge in [-0.3, -0.25) is 9.59 Å². The van der Waals surface area contributed by atoms with Crippen LogP contribution in [0.2, 0.25) is 0 Å². The highest BCUT2D eigenvalue weighted by molar-refractivity contribution is 6.35. The zero-order valence-electron chi connectivity index (χ0n) is 17.9. The van der Waals surface area contributed by atoms with Crippen LogP contribution in [0.15, 0.2) is 54.6 Å². The first-order chi connectivity index (χ1) is 15.7. The molecule has 2 amide bonds. The Labute approximate surface area is 187 Å². The summed E-state index contributed by atoms with van der Waals surface area (Å²) < 4.78 is 0. The lowest BCUT2D eigenvalue weighted by Crippen LogP contribution is -2.32. The van der Waals surface area contributed by atoms with E-state index in [1.807, 2.05) is 54.6 Å². The molecule has 0 saturated carbocycles. The summed E-state index contributed by atoms with van der Waals surface area (Å²) in [6.45, 7) is 2.95. The van der Waals surface area contributed by atoms with Crippen LogP contribution in [-0.2, 0) is 9.59 Å². The molecule has 1 saturated heterocycles. The minimum absolute atomic E-state index is 0.00506. The molecular weight excluding hydrogens is 400 g/mol. The third-order valence-corrected chi connectivity index (χ3v) is 6.10. The Morgan fingerprint density at radius 3 is 2.78 bits per heavy atom. The Balaban J connectivity index is 1.33. The van der Waals surface area contributed by atoms with Crippen LogP contribution in [0.25, 0.3) is 22.6 Å². The Hall–Kier alpha value is -3.51. The molecule has 0 spiro atoms. The molecule has 32 heavy (non-hydrogen) atoms. The summed E-state index contributed by atoms with van der Waals surface area (Å²) >= 11 is 0. The molecule has 0 bridgehead atoms. The summed E-state index contributed by atoms with van der Waals surface area (Å²) in [6, 6.07) is 17.3. The average Bonchev–Trinajstić information content (AvgIpc) is 3.13. The largest absolute Gasteiger partial charge is 0.326 e. The fraction of sp³-hybridized carbons (Fsp3) is 0.269. The molecule has 3 heterocycles. The molecule has 3 aromatic rings. The van der Waals surface area contributed by atoms with Crippen molar-refractivity contribution >= 4 is 45.7 Å². The first-order valence-electron chi connectivity index (χ1n) is 11.2. The van der Waals surface area contributed by atoms with Crippen molar-refractivity contribution in [3.05, 3.63) is 65.9 Å². The van der Waals surface area contributed by atoms with Gasteiger partial charge in [-0.05, 0) is 62.3 Å². The molecule has 0 radical (unpaired) electrons. The van der Waals surface area contributed by atoms with Crippen LogP contribution in [-0.4, -0.2) is 41.3 Å². The fourth-order valence-electron chi connectivity index (χ4n) is 4.39. The Bertz CT molecular complexity index is 1210. The molecule has 2 N–H and O–H groups in total. The zero-order chi connectivity index (χ0) is 21.9. The first-order valence-corrected chi connectivity index (χ1v) is 11.2. The van der Waals surface area contributed by atoms with Gasteiger partial charge in [-0.1, -0.05) is 30.7 Å². The normalized spacial score (nSPS) is 17.4. The van der Waals surface area contributed by atoms with Gasteiger partial charge in [0.2, 0.25) is 5.91 Å². The van der Waals surface area contributed by atoms with Gasteiger partial charge in [0.15, 0.2) is 0 Å². The summed E-state index contributed by atoms with van der Waals surface area (Å²) in [5, 5.41) is 6.94. The van der Waals surface area contributed by atoms with Gasteiger partial charge in [-0.2, -0.15) is 0 Å². The second kappa shape index (κ2) is 8.93. The topological polar surface area (TPSA) is 74.3 Å². The maximum Gasteiger partial charge on any atom is 0.256 e. The molecule has 0 unspecified atom stereocenters. The highest BCUT2D eigenvalue weighted by Gasteiger charge is 2.25. The van der Waals surface area contributed by atoms with Gasteiger partial charge >= 0.3 is 0 Å². The number of hydrogen-bond donors (Lipinski definition) is 2. The number of piperidine rings is 1. The number of hydrogen-bond acceptors (Lipinski definition) is 4. The van der Waals surface area contributed by atoms with Gasteiger partial charge < -0.3 is 15.5 Å². The number of pyridine rings is 1. The van der Waals surface area contributed by atoms with E-state index in [1.165, 1.54) is 19.3 Å². The van der Waals surface area contributed by atoms with Crippen molar-refractivity contribution in [3.8, 4) is 0 Å². The van der Waals surface area contributed by atoms with Crippen LogP contribution >= 0.6 is 0 Å². The van der Waals surface area contributed by atoms with Gasteiger partial charge in [0, 0.05) is 35.3 Å². The molecule has 162 valence electrons. The molecule has 2 aromatic carbocycles. The predicted octanol–water partition coefficient (Wildman–Crippen LogP) is 4.54. The molecule has 0 atom stereocenters. The summed E-state index contributed by atoms with van der Waals surface area (Å²) in [7, 11) is 0. The van der Waals surface area contributed by atoms with E-state index in [9.17, 15) is 9.59 Å². The van der Waals surface area contributed by atoms with Crippen molar-refractivity contribution < 1.29 is 9.59 Å². The van der Waals surface area contributed by atoms with E-state index in [4.69, 9.17) is 0 Å². The van der Waals surface area contributed by atoms with Crippen LogP contribution in [0, 0.1) is 0 Å². The zero-order valence-corrected chi connectivity index (χ0v) is 17.9. The van der Waals surface area contributed by atoms with Crippen molar-refractivity contribution in [1.29, 1.82) is 0 Å². The summed E-state index contributed by atoms with van der Waals surface area (Å²) in [5.74, 6) is -0.168. The molecule has 1 aromatic heterocycles. The standard InChI is InChI=1S/C26H26N4O2/c31-25(12-15-30-13-4-1-5-14-30)28-20-10-11-24-21(16-20)22(26(32)29-24)17-19-9-8-18-6-2-3-7-23(18)27-19/h2-3,6-11,16-17H,1,4-5,12-15H2,(H,28,31)(H,29,32)/b22-17+. The molecule has 5 rings (SSSR count). The maximum atomic E-state index is 12.6. The highest BCUT2D eigenvalue weighted by Crippen LogP contribution is 2.35. The van der Waals surface area contributed by atoms with Crippen LogP contribution in [0.5, 0.6) is 0 Å². The lowest BCUT2D eigenvalue weighted by atomic mass is 10.0. The predicted molar refractivity (Wildman–Crippen MR) is 128 cm³/mol. The molecule has 1 fully saturated rings. The van der Waals surface area contributed by atoms with E-state index in [2.05, 4.69) is 20.5 Å². The Morgan fingerprint density at radius 2 is 1.91 bits per heavy atom. The number of fused-ring (bicyclic) bond motifs is 2. The average molecular weight is 427 g/mol. The maximum absolute atomic E-state index is 12.6. The number of amides is 2. The summed E-state index contributed by atoms with van der Waals surface area (Å²) in [6.07, 6.45) is 5.99. The quantitative estimate of drug-likeness (QED) is 0.588. The number of likely N-dealkylation sites (tertiary alicyclic amines) is 1. The van der Waals surface area contributed by atoms with Crippen molar-refractivity contribution in [2.75, 3.05) is 30.3 Å². The number of carbonyl (C=O) groups excluding carboxylic acids is 2. The van der Waals surface area contributed by atoms with Gasteiger partial charge in [-0.25, -0.2) is 4.98 Å². The van der Waals surface area contributed by atoms with Crippen LogP contribution in [0.3, 0.4) is 0 Å². The SMILES string of the molecule is O=C(CCN1CCCCC1)Nc1ccc2c(c1)/C(=C\c1ccc3ccccc3n1)C(=O)N2.